The van der Waals surface area contributed by atoms with Crippen LogP contribution in [0.1, 0.15) is 18.5 Å². The van der Waals surface area contributed by atoms with E-state index in [9.17, 15) is 9.18 Å². The highest BCUT2D eigenvalue weighted by atomic mass is 32.2. The lowest BCUT2D eigenvalue weighted by Gasteiger charge is -2.12. The molecule has 0 aliphatic carbocycles. The molecular weight excluding hydrogens is 253 g/mol. The maximum atomic E-state index is 13.8. The van der Waals surface area contributed by atoms with Gasteiger partial charge in [-0.1, -0.05) is 12.1 Å². The normalized spacial score (nSPS) is 12.4. The number of H-pyrrole nitrogens is 1. The van der Waals surface area contributed by atoms with E-state index in [2.05, 4.69) is 9.97 Å². The molecule has 0 bridgehead atoms. The first-order valence-corrected chi connectivity index (χ1v) is 6.17. The average molecular weight is 265 g/mol. The third-order valence-electron chi connectivity index (χ3n) is 2.33. The molecule has 2 rings (SSSR count). The molecule has 6 heteroatoms. The van der Waals surface area contributed by atoms with E-state index in [-0.39, 0.29) is 17.4 Å². The first-order chi connectivity index (χ1) is 8.58. The van der Waals surface area contributed by atoms with Crippen LogP contribution in [0.2, 0.25) is 0 Å². The summed E-state index contributed by atoms with van der Waals surface area (Å²) < 4.78 is 13.8. The summed E-state index contributed by atoms with van der Waals surface area (Å²) >= 11 is 1.06. The Bertz CT molecular complexity index is 612. The van der Waals surface area contributed by atoms with E-state index >= 15 is 0 Å². The molecule has 0 amide bonds. The molecule has 4 nitrogen and oxygen atoms in total. The standard InChI is InChI=1S/C12H12FN3OS/c1-7(14)8-3-2-4-9(13)11(8)18-12-15-6-5-10(17)16-12/h2-7H,14H2,1H3,(H,15,16,17). The minimum atomic E-state index is -0.374. The van der Waals surface area contributed by atoms with Gasteiger partial charge >= 0.3 is 0 Å². The van der Waals surface area contributed by atoms with Gasteiger partial charge in [0.05, 0.1) is 4.90 Å². The topological polar surface area (TPSA) is 71.8 Å². The van der Waals surface area contributed by atoms with Gasteiger partial charge in [0.1, 0.15) is 5.82 Å². The van der Waals surface area contributed by atoms with Crippen LogP contribution in [0.3, 0.4) is 0 Å². The zero-order chi connectivity index (χ0) is 13.1. The van der Waals surface area contributed by atoms with Crippen molar-refractivity contribution in [1.82, 2.24) is 9.97 Å². The predicted octanol–water partition coefficient (Wildman–Crippen LogP) is 2.08. The number of hydrogen-bond acceptors (Lipinski definition) is 4. The number of aromatic nitrogens is 2. The van der Waals surface area contributed by atoms with Crippen molar-refractivity contribution in [3.63, 3.8) is 0 Å². The molecule has 1 heterocycles. The first-order valence-electron chi connectivity index (χ1n) is 5.35. The van der Waals surface area contributed by atoms with Crippen LogP contribution >= 0.6 is 11.8 Å². The van der Waals surface area contributed by atoms with Gasteiger partial charge in [-0.05, 0) is 30.3 Å². The molecule has 94 valence electrons. The zero-order valence-corrected chi connectivity index (χ0v) is 10.5. The number of aromatic amines is 1. The molecule has 0 saturated heterocycles. The molecule has 0 aliphatic heterocycles. The van der Waals surface area contributed by atoms with Crippen molar-refractivity contribution in [2.45, 2.75) is 23.0 Å². The molecule has 2 aromatic rings. The van der Waals surface area contributed by atoms with Crippen LogP contribution in [0.15, 0.2) is 45.3 Å². The molecule has 3 N–H and O–H groups in total. The predicted molar refractivity (Wildman–Crippen MR) is 68.0 cm³/mol. The second kappa shape index (κ2) is 5.32. The van der Waals surface area contributed by atoms with Crippen LogP contribution in [0.25, 0.3) is 0 Å². The van der Waals surface area contributed by atoms with Crippen molar-refractivity contribution < 1.29 is 4.39 Å². The number of nitrogens with zero attached hydrogens (tertiary/aromatic N) is 1. The smallest absolute Gasteiger partial charge is 0.251 e. The van der Waals surface area contributed by atoms with Crippen molar-refractivity contribution >= 4 is 11.8 Å². The summed E-state index contributed by atoms with van der Waals surface area (Å²) in [5.41, 5.74) is 6.21. The number of hydrogen-bond donors (Lipinski definition) is 2. The molecule has 0 fully saturated rings. The van der Waals surface area contributed by atoms with Gasteiger partial charge in [0.2, 0.25) is 0 Å². The monoisotopic (exact) mass is 265 g/mol. The van der Waals surface area contributed by atoms with Crippen LogP contribution in [0.5, 0.6) is 0 Å². The van der Waals surface area contributed by atoms with E-state index in [0.29, 0.717) is 15.6 Å². The average Bonchev–Trinajstić information content (AvgIpc) is 2.31. The Kier molecular flexibility index (Phi) is 3.78. The lowest BCUT2D eigenvalue weighted by Crippen LogP contribution is -2.09. The Morgan fingerprint density at radius 1 is 1.44 bits per heavy atom. The number of benzene rings is 1. The van der Waals surface area contributed by atoms with E-state index < -0.39 is 0 Å². The van der Waals surface area contributed by atoms with Crippen molar-refractivity contribution in [1.29, 1.82) is 0 Å². The lowest BCUT2D eigenvalue weighted by atomic mass is 10.1. The van der Waals surface area contributed by atoms with Gasteiger partial charge in [0, 0.05) is 18.3 Å². The van der Waals surface area contributed by atoms with Crippen LogP contribution in [-0.2, 0) is 0 Å². The van der Waals surface area contributed by atoms with E-state index in [1.165, 1.54) is 18.3 Å². The molecule has 1 unspecified atom stereocenters. The third-order valence-corrected chi connectivity index (χ3v) is 3.37. The fourth-order valence-electron chi connectivity index (χ4n) is 1.49. The molecule has 0 radical (unpaired) electrons. The Morgan fingerprint density at radius 3 is 2.89 bits per heavy atom. The van der Waals surface area contributed by atoms with Crippen molar-refractivity contribution in [3.05, 3.63) is 52.2 Å². The quantitative estimate of drug-likeness (QED) is 0.833. The van der Waals surface area contributed by atoms with Crippen molar-refractivity contribution in [2.75, 3.05) is 0 Å². The zero-order valence-electron chi connectivity index (χ0n) is 9.68. The number of nitrogens with one attached hydrogen (secondary N) is 1. The summed E-state index contributed by atoms with van der Waals surface area (Å²) in [6, 6.07) is 5.74. The molecule has 1 atom stereocenters. The Balaban J connectivity index is 2.42. The Morgan fingerprint density at radius 2 is 2.22 bits per heavy atom. The molecule has 18 heavy (non-hydrogen) atoms. The van der Waals surface area contributed by atoms with Crippen molar-refractivity contribution in [2.24, 2.45) is 5.73 Å². The third kappa shape index (κ3) is 2.77. The summed E-state index contributed by atoms with van der Waals surface area (Å²) in [5, 5.41) is 0.342. The SMILES string of the molecule is CC(N)c1cccc(F)c1Sc1nccc(=O)[nH]1. The van der Waals surface area contributed by atoms with Crippen molar-refractivity contribution in [3.8, 4) is 0 Å². The molecule has 0 aliphatic rings. The highest BCUT2D eigenvalue weighted by Crippen LogP contribution is 2.32. The number of rotatable bonds is 3. The summed E-state index contributed by atoms with van der Waals surface area (Å²) in [5.74, 6) is -0.374. The Hall–Kier alpha value is -1.66. The lowest BCUT2D eigenvalue weighted by molar-refractivity contribution is 0.591. The van der Waals surface area contributed by atoms with Crippen LogP contribution < -0.4 is 11.3 Å². The number of halogens is 1. The van der Waals surface area contributed by atoms with E-state index in [1.807, 2.05) is 0 Å². The first kappa shape index (κ1) is 12.8. The molecular formula is C12H12FN3OS. The van der Waals surface area contributed by atoms with Gasteiger partial charge in [-0.3, -0.25) is 4.79 Å². The fourth-order valence-corrected chi connectivity index (χ4v) is 2.49. The molecule has 1 aromatic heterocycles. The molecule has 0 saturated carbocycles. The minimum Gasteiger partial charge on any atom is -0.324 e. The highest BCUT2D eigenvalue weighted by Gasteiger charge is 2.13. The van der Waals surface area contributed by atoms with E-state index in [4.69, 9.17) is 5.73 Å². The maximum Gasteiger partial charge on any atom is 0.251 e. The van der Waals surface area contributed by atoms with E-state index in [1.54, 1.807) is 19.1 Å². The van der Waals surface area contributed by atoms with Gasteiger partial charge in [-0.25, -0.2) is 9.37 Å². The van der Waals surface area contributed by atoms with Crippen LogP contribution in [-0.4, -0.2) is 9.97 Å². The fraction of sp³-hybridized carbons (Fsp3) is 0.167. The Labute approximate surface area is 107 Å². The summed E-state index contributed by atoms with van der Waals surface area (Å²) in [4.78, 5) is 18.1. The summed E-state index contributed by atoms with van der Waals surface area (Å²) in [6.07, 6.45) is 1.38. The van der Waals surface area contributed by atoms with Gasteiger partial charge in [-0.15, -0.1) is 0 Å². The minimum absolute atomic E-state index is 0.272. The largest absolute Gasteiger partial charge is 0.324 e. The van der Waals surface area contributed by atoms with Gasteiger partial charge in [-0.2, -0.15) is 0 Å². The van der Waals surface area contributed by atoms with Crippen LogP contribution in [0.4, 0.5) is 4.39 Å². The second-order valence-corrected chi connectivity index (χ2v) is 4.79. The maximum absolute atomic E-state index is 13.8. The van der Waals surface area contributed by atoms with Gasteiger partial charge < -0.3 is 10.7 Å². The van der Waals surface area contributed by atoms with Gasteiger partial charge in [0.25, 0.3) is 5.56 Å². The summed E-state index contributed by atoms with van der Waals surface area (Å²) in [7, 11) is 0. The second-order valence-electron chi connectivity index (χ2n) is 3.79. The number of nitrogens with two attached hydrogens (primary N) is 1. The molecule has 1 aromatic carbocycles. The van der Waals surface area contributed by atoms with E-state index in [0.717, 1.165) is 11.8 Å². The van der Waals surface area contributed by atoms with Crippen LogP contribution in [0, 0.1) is 5.82 Å². The highest BCUT2D eigenvalue weighted by molar-refractivity contribution is 7.99. The van der Waals surface area contributed by atoms with Gasteiger partial charge in [0.15, 0.2) is 5.16 Å². The summed E-state index contributed by atoms with van der Waals surface area (Å²) in [6.45, 7) is 1.78. The molecule has 0 spiro atoms.